The standard InChI is InChI=1S/C33H27ClN6O4S/c1-43-27-15-9-22(10-16-27)31-23(20-40(38-31)26-6-3-2-4-7-26)19-35-37-33-39(21-28-8-5-17-44-28)32(42)29(45-33)18-30(41)36-25-13-11-24(34)12-14-25/h2-17,19-20,29H,18,21H2,1H3,(H,36,41)/b35-19+,37-33-. The minimum Gasteiger partial charge on any atom is -0.497 e. The first-order valence-corrected chi connectivity index (χ1v) is 15.2. The van der Waals surface area contributed by atoms with Crippen molar-refractivity contribution < 1.29 is 18.7 Å². The van der Waals surface area contributed by atoms with Crippen LogP contribution in [0.5, 0.6) is 5.75 Å². The molecule has 1 atom stereocenters. The quantitative estimate of drug-likeness (QED) is 0.135. The van der Waals surface area contributed by atoms with Crippen molar-refractivity contribution in [1.82, 2.24) is 14.7 Å². The van der Waals surface area contributed by atoms with Crippen LogP contribution in [0.15, 0.2) is 118 Å². The summed E-state index contributed by atoms with van der Waals surface area (Å²) in [5.41, 5.74) is 3.77. The fourth-order valence-corrected chi connectivity index (χ4v) is 5.86. The van der Waals surface area contributed by atoms with Crippen molar-refractivity contribution in [2.75, 3.05) is 12.4 Å². The van der Waals surface area contributed by atoms with Crippen molar-refractivity contribution in [3.63, 3.8) is 0 Å². The minimum absolute atomic E-state index is 0.0466. The molecule has 2 amide bonds. The topological polar surface area (TPSA) is 114 Å². The molecule has 10 nitrogen and oxygen atoms in total. The maximum Gasteiger partial charge on any atom is 0.243 e. The predicted molar refractivity (Wildman–Crippen MR) is 176 cm³/mol. The summed E-state index contributed by atoms with van der Waals surface area (Å²) in [6, 6.07) is 27.6. The van der Waals surface area contributed by atoms with Gasteiger partial charge in [-0.05, 0) is 72.8 Å². The molecule has 5 aromatic rings. The van der Waals surface area contributed by atoms with Gasteiger partial charge < -0.3 is 14.5 Å². The number of nitrogens with one attached hydrogen (secondary N) is 1. The van der Waals surface area contributed by atoms with E-state index >= 15 is 0 Å². The third kappa shape index (κ3) is 7.17. The molecule has 0 radical (unpaired) electrons. The van der Waals surface area contributed by atoms with Gasteiger partial charge >= 0.3 is 0 Å². The zero-order valence-electron chi connectivity index (χ0n) is 24.0. The molecule has 1 aliphatic heterocycles. The molecular weight excluding hydrogens is 612 g/mol. The lowest BCUT2D eigenvalue weighted by molar-refractivity contribution is -0.128. The first-order chi connectivity index (χ1) is 22.0. The van der Waals surface area contributed by atoms with Crippen LogP contribution >= 0.6 is 23.4 Å². The average molecular weight is 639 g/mol. The number of benzene rings is 3. The molecule has 0 spiro atoms. The molecule has 0 saturated carbocycles. The van der Waals surface area contributed by atoms with Crippen LogP contribution in [0.2, 0.25) is 5.02 Å². The van der Waals surface area contributed by atoms with E-state index in [0.29, 0.717) is 27.3 Å². The van der Waals surface area contributed by atoms with E-state index in [2.05, 4.69) is 15.5 Å². The summed E-state index contributed by atoms with van der Waals surface area (Å²) in [6.07, 6.45) is 4.97. The van der Waals surface area contributed by atoms with Crippen molar-refractivity contribution in [2.24, 2.45) is 10.2 Å². The molecule has 12 heteroatoms. The number of para-hydroxylation sites is 1. The third-order valence-electron chi connectivity index (χ3n) is 6.88. The van der Waals surface area contributed by atoms with Crippen LogP contribution in [0.4, 0.5) is 5.69 Å². The van der Waals surface area contributed by atoms with Gasteiger partial charge in [0.25, 0.3) is 0 Å². The fourth-order valence-electron chi connectivity index (χ4n) is 4.64. The lowest BCUT2D eigenvalue weighted by Crippen LogP contribution is -2.33. The zero-order valence-corrected chi connectivity index (χ0v) is 25.6. The number of aromatic nitrogens is 2. The number of halogens is 1. The van der Waals surface area contributed by atoms with Crippen molar-refractivity contribution in [2.45, 2.75) is 18.2 Å². The van der Waals surface area contributed by atoms with Gasteiger partial charge in [-0.2, -0.15) is 10.2 Å². The Kier molecular flexibility index (Phi) is 9.09. The molecule has 6 rings (SSSR count). The van der Waals surface area contributed by atoms with Gasteiger partial charge in [-0.15, -0.1) is 5.10 Å². The number of rotatable bonds is 10. The summed E-state index contributed by atoms with van der Waals surface area (Å²) >= 11 is 7.13. The highest BCUT2D eigenvalue weighted by Crippen LogP contribution is 2.32. The van der Waals surface area contributed by atoms with Crippen molar-refractivity contribution >= 4 is 52.2 Å². The number of amides is 2. The fraction of sp³-hybridized carbons (Fsp3) is 0.121. The maximum absolute atomic E-state index is 13.5. The van der Waals surface area contributed by atoms with Gasteiger partial charge in [0.05, 0.1) is 31.8 Å². The van der Waals surface area contributed by atoms with Gasteiger partial charge in [0.2, 0.25) is 11.8 Å². The van der Waals surface area contributed by atoms with Crippen LogP contribution in [0, 0.1) is 0 Å². The Bertz CT molecular complexity index is 1840. The average Bonchev–Trinajstić information content (AvgIpc) is 3.80. The Hall–Kier alpha value is -5.13. The summed E-state index contributed by atoms with van der Waals surface area (Å²) in [5, 5.41) is 16.7. The summed E-state index contributed by atoms with van der Waals surface area (Å²) in [7, 11) is 1.62. The van der Waals surface area contributed by atoms with Crippen molar-refractivity contribution in [3.8, 4) is 22.7 Å². The number of nitrogens with zero attached hydrogens (tertiary/aromatic N) is 5. The van der Waals surface area contributed by atoms with Crippen LogP contribution < -0.4 is 10.1 Å². The minimum atomic E-state index is -0.683. The highest BCUT2D eigenvalue weighted by atomic mass is 35.5. The third-order valence-corrected chi connectivity index (χ3v) is 8.30. The first kappa shape index (κ1) is 29.9. The Balaban J connectivity index is 1.26. The number of furan rings is 1. The number of amidine groups is 1. The second-order valence-electron chi connectivity index (χ2n) is 9.94. The molecule has 3 aromatic carbocycles. The highest BCUT2D eigenvalue weighted by molar-refractivity contribution is 8.15. The molecule has 45 heavy (non-hydrogen) atoms. The van der Waals surface area contributed by atoms with Crippen molar-refractivity contribution in [1.29, 1.82) is 0 Å². The predicted octanol–water partition coefficient (Wildman–Crippen LogP) is 6.66. The number of methoxy groups -OCH3 is 1. The van der Waals surface area contributed by atoms with E-state index < -0.39 is 5.25 Å². The summed E-state index contributed by atoms with van der Waals surface area (Å²) in [5.74, 6) is 0.757. The van der Waals surface area contributed by atoms with Crippen LogP contribution in [-0.2, 0) is 16.1 Å². The molecule has 1 fully saturated rings. The number of ether oxygens (including phenoxy) is 1. The van der Waals surface area contributed by atoms with Gasteiger partial charge in [-0.3, -0.25) is 14.5 Å². The smallest absolute Gasteiger partial charge is 0.243 e. The second kappa shape index (κ2) is 13.7. The number of anilines is 1. The van der Waals surface area contributed by atoms with Gasteiger partial charge in [-0.25, -0.2) is 4.68 Å². The molecule has 226 valence electrons. The SMILES string of the molecule is COc1ccc(-c2nn(-c3ccccc3)cc2/C=N/N=C2\SC(CC(=O)Nc3ccc(Cl)cc3)C(=O)N2Cc2ccco2)cc1. The number of hydrogen-bond acceptors (Lipinski definition) is 8. The molecule has 1 saturated heterocycles. The lowest BCUT2D eigenvalue weighted by atomic mass is 10.1. The zero-order chi connectivity index (χ0) is 31.2. The molecular formula is C33H27ClN6O4S. The van der Waals surface area contributed by atoms with Crippen LogP contribution in [0.25, 0.3) is 16.9 Å². The number of carbonyl (C=O) groups is 2. The Morgan fingerprint density at radius 1 is 1.07 bits per heavy atom. The largest absolute Gasteiger partial charge is 0.497 e. The first-order valence-electron chi connectivity index (χ1n) is 13.9. The molecule has 3 heterocycles. The monoisotopic (exact) mass is 638 g/mol. The molecule has 1 unspecified atom stereocenters. The van der Waals surface area contributed by atoms with E-state index in [1.54, 1.807) is 60.7 Å². The van der Waals surface area contributed by atoms with E-state index in [1.807, 2.05) is 60.8 Å². The summed E-state index contributed by atoms with van der Waals surface area (Å²) in [4.78, 5) is 27.8. The van der Waals surface area contributed by atoms with E-state index in [-0.39, 0.29) is 24.8 Å². The van der Waals surface area contributed by atoms with E-state index in [1.165, 1.54) is 16.7 Å². The van der Waals surface area contributed by atoms with Gasteiger partial charge in [0.1, 0.15) is 22.5 Å². The van der Waals surface area contributed by atoms with E-state index in [9.17, 15) is 9.59 Å². The molecule has 0 aliphatic carbocycles. The van der Waals surface area contributed by atoms with Crippen LogP contribution in [0.3, 0.4) is 0 Å². The summed E-state index contributed by atoms with van der Waals surface area (Å²) < 4.78 is 12.6. The lowest BCUT2D eigenvalue weighted by Gasteiger charge is -2.14. The van der Waals surface area contributed by atoms with Gasteiger partial charge in [-0.1, -0.05) is 41.6 Å². The van der Waals surface area contributed by atoms with Gasteiger partial charge in [0, 0.05) is 34.5 Å². The Morgan fingerprint density at radius 2 is 1.84 bits per heavy atom. The van der Waals surface area contributed by atoms with Crippen LogP contribution in [0.1, 0.15) is 17.7 Å². The molecule has 2 aromatic heterocycles. The number of hydrogen-bond donors (Lipinski definition) is 1. The van der Waals surface area contributed by atoms with E-state index in [0.717, 1.165) is 22.6 Å². The highest BCUT2D eigenvalue weighted by Gasteiger charge is 2.39. The second-order valence-corrected chi connectivity index (χ2v) is 11.5. The number of carbonyl (C=O) groups excluding carboxylic acids is 2. The molecule has 1 N–H and O–H groups in total. The van der Waals surface area contributed by atoms with Crippen LogP contribution in [-0.4, -0.2) is 50.2 Å². The molecule has 0 bridgehead atoms. The van der Waals surface area contributed by atoms with Gasteiger partial charge in [0.15, 0.2) is 5.17 Å². The van der Waals surface area contributed by atoms with E-state index in [4.69, 9.17) is 25.9 Å². The van der Waals surface area contributed by atoms with Crippen molar-refractivity contribution in [3.05, 3.63) is 120 Å². The summed E-state index contributed by atoms with van der Waals surface area (Å²) in [6.45, 7) is 0.158. The Morgan fingerprint density at radius 3 is 2.56 bits per heavy atom. The normalized spacial score (nSPS) is 15.7. The molecule has 1 aliphatic rings. The Labute approximate surface area is 268 Å². The number of thioether (sulfide) groups is 1. The maximum atomic E-state index is 13.5.